The maximum Gasteiger partial charge on any atom is 0.344 e. The Morgan fingerprint density at radius 1 is 1.53 bits per heavy atom. The fourth-order valence-corrected chi connectivity index (χ4v) is 1.26. The van der Waals surface area contributed by atoms with Gasteiger partial charge in [-0.1, -0.05) is 6.07 Å². The van der Waals surface area contributed by atoms with Crippen LogP contribution in [0.5, 0.6) is 5.75 Å². The van der Waals surface area contributed by atoms with E-state index in [-0.39, 0.29) is 25.0 Å². The molecular formula is C12H16FNO3. The Labute approximate surface area is 99.5 Å². The lowest BCUT2D eigenvalue weighted by Crippen LogP contribution is -2.15. The topological polar surface area (TPSA) is 61.5 Å². The van der Waals surface area contributed by atoms with Crippen LogP contribution < -0.4 is 10.5 Å². The third kappa shape index (κ3) is 4.03. The number of hydrogen-bond acceptors (Lipinski definition) is 4. The molecule has 5 heteroatoms. The van der Waals surface area contributed by atoms with Gasteiger partial charge in [0.05, 0.1) is 6.61 Å². The number of carbonyl (C=O) groups excluding carboxylic acids is 1. The van der Waals surface area contributed by atoms with Crippen molar-refractivity contribution >= 4 is 5.97 Å². The Balaban J connectivity index is 2.63. The van der Waals surface area contributed by atoms with E-state index in [1.54, 1.807) is 19.9 Å². The van der Waals surface area contributed by atoms with Crippen molar-refractivity contribution in [2.45, 2.75) is 19.9 Å². The van der Waals surface area contributed by atoms with E-state index in [4.69, 9.17) is 10.5 Å². The molecule has 0 amide bonds. The molecule has 4 nitrogen and oxygen atoms in total. The first-order chi connectivity index (χ1) is 8.04. The number of rotatable bonds is 5. The van der Waals surface area contributed by atoms with Crippen LogP contribution in [0, 0.1) is 5.82 Å². The van der Waals surface area contributed by atoms with Gasteiger partial charge in [0.25, 0.3) is 0 Å². The van der Waals surface area contributed by atoms with Crippen molar-refractivity contribution in [2.75, 3.05) is 13.2 Å². The Kier molecular flexibility index (Phi) is 4.90. The van der Waals surface area contributed by atoms with Gasteiger partial charge in [-0.25, -0.2) is 9.18 Å². The highest BCUT2D eigenvalue weighted by Crippen LogP contribution is 2.21. The summed E-state index contributed by atoms with van der Waals surface area (Å²) in [5.41, 5.74) is 6.29. The molecule has 2 N–H and O–H groups in total. The minimum atomic E-state index is -0.538. The lowest BCUT2D eigenvalue weighted by atomic mass is 10.1. The van der Waals surface area contributed by atoms with Crippen LogP contribution in [0.25, 0.3) is 0 Å². The second-order valence-corrected chi connectivity index (χ2v) is 3.57. The summed E-state index contributed by atoms with van der Waals surface area (Å²) in [6, 6.07) is 4.16. The van der Waals surface area contributed by atoms with Crippen molar-refractivity contribution in [2.24, 2.45) is 5.73 Å². The molecule has 1 rings (SSSR count). The van der Waals surface area contributed by atoms with Gasteiger partial charge in [-0.15, -0.1) is 0 Å². The van der Waals surface area contributed by atoms with Crippen molar-refractivity contribution in [3.8, 4) is 5.75 Å². The molecule has 17 heavy (non-hydrogen) atoms. The van der Waals surface area contributed by atoms with Gasteiger partial charge in [0, 0.05) is 6.04 Å². The maximum atomic E-state index is 13.5. The fraction of sp³-hybridized carbons (Fsp3) is 0.417. The molecular weight excluding hydrogens is 225 g/mol. The number of nitrogens with two attached hydrogens (primary N) is 1. The molecule has 1 atom stereocenters. The van der Waals surface area contributed by atoms with Crippen molar-refractivity contribution < 1.29 is 18.7 Å². The summed E-state index contributed by atoms with van der Waals surface area (Å²) in [7, 11) is 0. The van der Waals surface area contributed by atoms with Gasteiger partial charge in [-0.05, 0) is 31.5 Å². The van der Waals surface area contributed by atoms with E-state index < -0.39 is 11.8 Å². The van der Waals surface area contributed by atoms with Crippen LogP contribution in [0.2, 0.25) is 0 Å². The highest BCUT2D eigenvalue weighted by Gasteiger charge is 2.09. The quantitative estimate of drug-likeness (QED) is 0.798. The number of esters is 1. The van der Waals surface area contributed by atoms with Gasteiger partial charge in [-0.2, -0.15) is 0 Å². The molecule has 0 aliphatic carbocycles. The Bertz CT molecular complexity index is 393. The molecule has 0 saturated carbocycles. The Morgan fingerprint density at radius 3 is 2.76 bits per heavy atom. The summed E-state index contributed by atoms with van der Waals surface area (Å²) in [5.74, 6) is -1.05. The summed E-state index contributed by atoms with van der Waals surface area (Å²) < 4.78 is 23.2. The van der Waals surface area contributed by atoms with Crippen LogP contribution in [-0.2, 0) is 9.53 Å². The van der Waals surface area contributed by atoms with Crippen LogP contribution in [0.1, 0.15) is 25.5 Å². The van der Waals surface area contributed by atoms with Crippen LogP contribution in [-0.4, -0.2) is 19.2 Å². The summed E-state index contributed by atoms with van der Waals surface area (Å²) in [5, 5.41) is 0. The lowest BCUT2D eigenvalue weighted by Gasteiger charge is -2.09. The Morgan fingerprint density at radius 2 is 2.24 bits per heavy atom. The van der Waals surface area contributed by atoms with Crippen LogP contribution in [0.3, 0.4) is 0 Å². The lowest BCUT2D eigenvalue weighted by molar-refractivity contribution is -0.145. The van der Waals surface area contributed by atoms with E-state index in [9.17, 15) is 9.18 Å². The van der Waals surface area contributed by atoms with Gasteiger partial charge >= 0.3 is 5.97 Å². The van der Waals surface area contributed by atoms with Crippen LogP contribution >= 0.6 is 0 Å². The fourth-order valence-electron chi connectivity index (χ4n) is 1.26. The second kappa shape index (κ2) is 6.20. The minimum Gasteiger partial charge on any atom is -0.479 e. The normalized spacial score (nSPS) is 12.0. The van der Waals surface area contributed by atoms with Gasteiger partial charge in [0.2, 0.25) is 0 Å². The minimum absolute atomic E-state index is 0.0162. The Hall–Kier alpha value is -1.62. The molecule has 0 spiro atoms. The van der Waals surface area contributed by atoms with E-state index in [1.165, 1.54) is 12.1 Å². The molecule has 0 aliphatic heterocycles. The van der Waals surface area contributed by atoms with Gasteiger partial charge in [0.15, 0.2) is 18.2 Å². The number of hydrogen-bond donors (Lipinski definition) is 1. The SMILES string of the molecule is CCOC(=O)COc1ccc([C@H](C)N)cc1F. The van der Waals surface area contributed by atoms with E-state index in [1.807, 2.05) is 0 Å². The van der Waals surface area contributed by atoms with E-state index in [2.05, 4.69) is 4.74 Å². The van der Waals surface area contributed by atoms with Crippen molar-refractivity contribution in [1.82, 2.24) is 0 Å². The van der Waals surface area contributed by atoms with Gasteiger partial charge in [-0.3, -0.25) is 0 Å². The first-order valence-corrected chi connectivity index (χ1v) is 5.38. The molecule has 1 aromatic rings. The molecule has 0 bridgehead atoms. The summed E-state index contributed by atoms with van der Waals surface area (Å²) in [6.07, 6.45) is 0. The number of carbonyl (C=O) groups is 1. The van der Waals surface area contributed by atoms with Gasteiger partial charge in [0.1, 0.15) is 0 Å². The summed E-state index contributed by atoms with van der Waals surface area (Å²) in [4.78, 5) is 11.0. The molecule has 0 unspecified atom stereocenters. The van der Waals surface area contributed by atoms with Crippen molar-refractivity contribution in [3.63, 3.8) is 0 Å². The molecule has 0 radical (unpaired) electrons. The highest BCUT2D eigenvalue weighted by molar-refractivity contribution is 5.71. The number of benzene rings is 1. The number of ether oxygens (including phenoxy) is 2. The van der Waals surface area contributed by atoms with E-state index in [0.29, 0.717) is 5.56 Å². The highest BCUT2D eigenvalue weighted by atomic mass is 19.1. The van der Waals surface area contributed by atoms with Crippen LogP contribution in [0.15, 0.2) is 18.2 Å². The molecule has 0 aromatic heterocycles. The first kappa shape index (κ1) is 13.4. The predicted molar refractivity (Wildman–Crippen MR) is 61.1 cm³/mol. The third-order valence-electron chi connectivity index (χ3n) is 2.13. The third-order valence-corrected chi connectivity index (χ3v) is 2.13. The summed E-state index contributed by atoms with van der Waals surface area (Å²) in [6.45, 7) is 3.42. The van der Waals surface area contributed by atoms with E-state index >= 15 is 0 Å². The largest absolute Gasteiger partial charge is 0.479 e. The second-order valence-electron chi connectivity index (χ2n) is 3.57. The molecule has 0 heterocycles. The summed E-state index contributed by atoms with van der Waals surface area (Å²) >= 11 is 0. The van der Waals surface area contributed by atoms with Crippen molar-refractivity contribution in [1.29, 1.82) is 0 Å². The zero-order chi connectivity index (χ0) is 12.8. The average Bonchev–Trinajstić information content (AvgIpc) is 2.27. The average molecular weight is 241 g/mol. The maximum absolute atomic E-state index is 13.5. The zero-order valence-electron chi connectivity index (χ0n) is 9.90. The molecule has 94 valence electrons. The molecule has 0 saturated heterocycles. The molecule has 0 fully saturated rings. The zero-order valence-corrected chi connectivity index (χ0v) is 9.90. The number of halogens is 1. The monoisotopic (exact) mass is 241 g/mol. The van der Waals surface area contributed by atoms with E-state index in [0.717, 1.165) is 0 Å². The predicted octanol–water partition coefficient (Wildman–Crippen LogP) is 1.79. The molecule has 0 aliphatic rings. The van der Waals surface area contributed by atoms with Gasteiger partial charge < -0.3 is 15.2 Å². The molecule has 1 aromatic carbocycles. The first-order valence-electron chi connectivity index (χ1n) is 5.38. The standard InChI is InChI=1S/C12H16FNO3/c1-3-16-12(15)7-17-11-5-4-9(8(2)14)6-10(11)13/h4-6,8H,3,7,14H2,1-2H3/t8-/m0/s1. The smallest absolute Gasteiger partial charge is 0.344 e. The van der Waals surface area contributed by atoms with Crippen LogP contribution in [0.4, 0.5) is 4.39 Å². The van der Waals surface area contributed by atoms with Crippen molar-refractivity contribution in [3.05, 3.63) is 29.6 Å².